The second-order valence-corrected chi connectivity index (χ2v) is 4.19. The first-order valence-electron chi connectivity index (χ1n) is 5.24. The molecule has 1 rings (SSSR count). The molecule has 80 valence electrons. The molecule has 0 bridgehead atoms. The van der Waals surface area contributed by atoms with Crippen LogP contribution < -0.4 is 0 Å². The van der Waals surface area contributed by atoms with Crippen LogP contribution in [0, 0.1) is 0 Å². The summed E-state index contributed by atoms with van der Waals surface area (Å²) in [6.07, 6.45) is 5.39. The Morgan fingerprint density at radius 1 is 1.50 bits per heavy atom. The molecule has 0 spiro atoms. The highest BCUT2D eigenvalue weighted by molar-refractivity contribution is 5.00. The minimum atomic E-state index is -0.529. The molecule has 1 aromatic rings. The van der Waals surface area contributed by atoms with Crippen LogP contribution in [0.3, 0.4) is 0 Å². The monoisotopic (exact) mass is 196 g/mol. The number of hydrogen-bond donors (Lipinski definition) is 1. The first kappa shape index (κ1) is 11.2. The zero-order valence-electron chi connectivity index (χ0n) is 9.32. The molecule has 0 saturated heterocycles. The van der Waals surface area contributed by atoms with E-state index in [2.05, 4.69) is 12.0 Å². The van der Waals surface area contributed by atoms with Crippen molar-refractivity contribution in [1.29, 1.82) is 0 Å². The molecule has 0 aromatic carbocycles. The molecule has 0 amide bonds. The Hall–Kier alpha value is -0.830. The van der Waals surface area contributed by atoms with Gasteiger partial charge in [-0.15, -0.1) is 0 Å². The molecule has 1 N–H and O–H groups in total. The fourth-order valence-corrected chi connectivity index (χ4v) is 1.71. The van der Waals surface area contributed by atoms with Crippen LogP contribution in [0.4, 0.5) is 0 Å². The molecule has 3 heteroatoms. The fraction of sp³-hybridized carbons (Fsp3) is 0.727. The molecule has 1 aromatic heterocycles. The molecule has 0 aliphatic carbocycles. The molecule has 0 fully saturated rings. The highest BCUT2D eigenvalue weighted by atomic mass is 16.3. The third kappa shape index (κ3) is 3.14. The normalized spacial score (nSPS) is 15.4. The maximum atomic E-state index is 9.97. The molecule has 0 aliphatic heterocycles. The van der Waals surface area contributed by atoms with Crippen molar-refractivity contribution < 1.29 is 5.11 Å². The second kappa shape index (κ2) is 4.60. The first-order valence-corrected chi connectivity index (χ1v) is 5.24. The molecule has 3 nitrogen and oxygen atoms in total. The summed E-state index contributed by atoms with van der Waals surface area (Å²) in [4.78, 5) is 0. The lowest BCUT2D eigenvalue weighted by Gasteiger charge is -2.22. The van der Waals surface area contributed by atoms with Gasteiger partial charge >= 0.3 is 0 Å². The van der Waals surface area contributed by atoms with E-state index < -0.39 is 5.60 Å². The van der Waals surface area contributed by atoms with Gasteiger partial charge in [0, 0.05) is 18.9 Å². The van der Waals surface area contributed by atoms with E-state index in [1.807, 2.05) is 24.7 Å². The summed E-state index contributed by atoms with van der Waals surface area (Å²) in [6, 6.07) is 2.00. The number of aromatic nitrogens is 2. The Bertz CT molecular complexity index is 279. The summed E-state index contributed by atoms with van der Waals surface area (Å²) in [6.45, 7) is 4.01. The van der Waals surface area contributed by atoms with Crippen LogP contribution in [-0.2, 0) is 13.5 Å². The molecule has 1 heterocycles. The molecule has 1 atom stereocenters. The second-order valence-electron chi connectivity index (χ2n) is 4.19. The van der Waals surface area contributed by atoms with Crippen molar-refractivity contribution in [2.24, 2.45) is 7.05 Å². The van der Waals surface area contributed by atoms with Gasteiger partial charge in [-0.05, 0) is 32.3 Å². The third-order valence-corrected chi connectivity index (χ3v) is 2.63. The Kier molecular flexibility index (Phi) is 3.69. The van der Waals surface area contributed by atoms with Gasteiger partial charge < -0.3 is 5.11 Å². The van der Waals surface area contributed by atoms with Crippen molar-refractivity contribution in [2.75, 3.05) is 0 Å². The van der Waals surface area contributed by atoms with E-state index in [0.29, 0.717) is 0 Å². The van der Waals surface area contributed by atoms with Crippen LogP contribution in [0.5, 0.6) is 0 Å². The van der Waals surface area contributed by atoms with E-state index in [0.717, 1.165) is 25.7 Å². The third-order valence-electron chi connectivity index (χ3n) is 2.63. The number of hydrogen-bond acceptors (Lipinski definition) is 2. The van der Waals surface area contributed by atoms with Crippen molar-refractivity contribution >= 4 is 0 Å². The van der Waals surface area contributed by atoms with Crippen LogP contribution in [0.25, 0.3) is 0 Å². The minimum Gasteiger partial charge on any atom is -0.390 e. The summed E-state index contributed by atoms with van der Waals surface area (Å²) < 4.78 is 1.86. The fourth-order valence-electron chi connectivity index (χ4n) is 1.71. The van der Waals surface area contributed by atoms with E-state index in [4.69, 9.17) is 0 Å². The van der Waals surface area contributed by atoms with Gasteiger partial charge in [0.15, 0.2) is 0 Å². The van der Waals surface area contributed by atoms with Gasteiger partial charge in [0.2, 0.25) is 0 Å². The smallest absolute Gasteiger partial charge is 0.0623 e. The predicted octanol–water partition coefficient (Wildman–Crippen LogP) is 1.90. The maximum absolute atomic E-state index is 9.97. The summed E-state index contributed by atoms with van der Waals surface area (Å²) in [7, 11) is 1.93. The van der Waals surface area contributed by atoms with E-state index in [9.17, 15) is 5.11 Å². The molecule has 0 radical (unpaired) electrons. The number of rotatable bonds is 5. The van der Waals surface area contributed by atoms with Crippen molar-refractivity contribution in [2.45, 2.75) is 45.1 Å². The lowest BCUT2D eigenvalue weighted by Crippen LogP contribution is -2.24. The Labute approximate surface area is 85.8 Å². The minimum absolute atomic E-state index is 0.529. The lowest BCUT2D eigenvalue weighted by atomic mass is 9.94. The molecule has 1 unspecified atom stereocenters. The molecule has 0 aliphatic rings. The largest absolute Gasteiger partial charge is 0.390 e. The summed E-state index contributed by atoms with van der Waals surface area (Å²) in [5.74, 6) is 0. The summed E-state index contributed by atoms with van der Waals surface area (Å²) in [5.41, 5.74) is 0.653. The average molecular weight is 196 g/mol. The van der Waals surface area contributed by atoms with Crippen LogP contribution >= 0.6 is 0 Å². The van der Waals surface area contributed by atoms with Crippen LogP contribution in [0.2, 0.25) is 0 Å². The predicted molar refractivity (Wildman–Crippen MR) is 57.1 cm³/mol. The Balaban J connectivity index is 2.44. The first-order chi connectivity index (χ1) is 6.55. The maximum Gasteiger partial charge on any atom is 0.0623 e. The van der Waals surface area contributed by atoms with Crippen molar-refractivity contribution in [3.05, 3.63) is 18.0 Å². The SMILES string of the molecule is CCCC(C)(O)CCc1ccnn1C. The summed E-state index contributed by atoms with van der Waals surface area (Å²) >= 11 is 0. The van der Waals surface area contributed by atoms with Gasteiger partial charge in [-0.25, -0.2) is 0 Å². The standard InChI is InChI=1S/C11H20N2O/c1-4-7-11(2,14)8-5-10-6-9-12-13(10)3/h6,9,14H,4-5,7-8H2,1-3H3. The number of aryl methyl sites for hydroxylation is 2. The summed E-state index contributed by atoms with van der Waals surface area (Å²) in [5, 5.41) is 14.1. The highest BCUT2D eigenvalue weighted by Crippen LogP contribution is 2.18. The number of aliphatic hydroxyl groups is 1. The van der Waals surface area contributed by atoms with E-state index in [1.165, 1.54) is 5.69 Å². The van der Waals surface area contributed by atoms with E-state index in [1.54, 1.807) is 6.20 Å². The van der Waals surface area contributed by atoms with Gasteiger partial charge in [0.25, 0.3) is 0 Å². The van der Waals surface area contributed by atoms with Crippen LogP contribution in [0.1, 0.15) is 38.8 Å². The van der Waals surface area contributed by atoms with Crippen molar-refractivity contribution in [3.63, 3.8) is 0 Å². The van der Waals surface area contributed by atoms with Gasteiger partial charge in [-0.3, -0.25) is 4.68 Å². The van der Waals surface area contributed by atoms with Crippen molar-refractivity contribution in [1.82, 2.24) is 9.78 Å². The van der Waals surface area contributed by atoms with E-state index in [-0.39, 0.29) is 0 Å². The van der Waals surface area contributed by atoms with E-state index >= 15 is 0 Å². The van der Waals surface area contributed by atoms with Gasteiger partial charge in [0.05, 0.1) is 5.60 Å². The molecule has 0 saturated carbocycles. The topological polar surface area (TPSA) is 38.1 Å². The van der Waals surface area contributed by atoms with Crippen molar-refractivity contribution in [3.8, 4) is 0 Å². The number of nitrogens with zero attached hydrogens (tertiary/aromatic N) is 2. The van der Waals surface area contributed by atoms with Gasteiger partial charge in [-0.1, -0.05) is 13.3 Å². The average Bonchev–Trinajstić information content (AvgIpc) is 2.48. The van der Waals surface area contributed by atoms with Crippen LogP contribution in [-0.4, -0.2) is 20.5 Å². The Morgan fingerprint density at radius 2 is 2.21 bits per heavy atom. The van der Waals surface area contributed by atoms with Crippen LogP contribution in [0.15, 0.2) is 12.3 Å². The lowest BCUT2D eigenvalue weighted by molar-refractivity contribution is 0.0411. The Morgan fingerprint density at radius 3 is 2.71 bits per heavy atom. The quantitative estimate of drug-likeness (QED) is 0.781. The highest BCUT2D eigenvalue weighted by Gasteiger charge is 2.19. The zero-order chi connectivity index (χ0) is 10.6. The zero-order valence-corrected chi connectivity index (χ0v) is 9.32. The molecule has 14 heavy (non-hydrogen) atoms. The molecular weight excluding hydrogens is 176 g/mol. The molecular formula is C11H20N2O. The van der Waals surface area contributed by atoms with Gasteiger partial charge in [-0.2, -0.15) is 5.10 Å². The van der Waals surface area contributed by atoms with Gasteiger partial charge in [0.1, 0.15) is 0 Å².